The summed E-state index contributed by atoms with van der Waals surface area (Å²) in [5.74, 6) is 0.562. The minimum atomic E-state index is -0.239. The van der Waals surface area contributed by atoms with Gasteiger partial charge in [0.15, 0.2) is 0 Å². The second kappa shape index (κ2) is 7.51. The Morgan fingerprint density at radius 3 is 2.61 bits per heavy atom. The summed E-state index contributed by atoms with van der Waals surface area (Å²) in [6, 6.07) is 5.32. The smallest absolute Gasteiger partial charge is 0.271 e. The number of aromatic nitrogens is 2. The van der Waals surface area contributed by atoms with Gasteiger partial charge in [0.1, 0.15) is 5.69 Å². The number of aryl methyl sites for hydroxylation is 1. The van der Waals surface area contributed by atoms with E-state index < -0.39 is 0 Å². The first-order chi connectivity index (χ1) is 13.4. The number of hydrogen-bond acceptors (Lipinski definition) is 4. The Labute approximate surface area is 169 Å². The Hall–Kier alpha value is -2.47. The van der Waals surface area contributed by atoms with E-state index in [1.54, 1.807) is 18.3 Å². The van der Waals surface area contributed by atoms with Crippen molar-refractivity contribution in [2.45, 2.75) is 32.7 Å². The number of likely N-dealkylation sites (tertiary alicyclic amines) is 1. The van der Waals surface area contributed by atoms with Crippen molar-refractivity contribution in [3.63, 3.8) is 0 Å². The molecule has 2 aliphatic rings. The largest absolute Gasteiger partial charge is 0.346 e. The Bertz CT molecular complexity index is 911. The number of benzene rings is 1. The topological polar surface area (TPSA) is 75.2 Å². The van der Waals surface area contributed by atoms with E-state index in [2.05, 4.69) is 15.3 Å². The summed E-state index contributed by atoms with van der Waals surface area (Å²) < 4.78 is 0. The normalized spacial score (nSPS) is 21.6. The van der Waals surface area contributed by atoms with Crippen LogP contribution in [0.3, 0.4) is 0 Å². The van der Waals surface area contributed by atoms with Crippen LogP contribution in [0, 0.1) is 25.7 Å². The SMILES string of the molecule is Cc1cnc(C(=O)N[C@@H]2CN(C(=O)c3cccc(Cl)c3C)C[C@H]2C2CC2)cn1. The lowest BCUT2D eigenvalue weighted by Crippen LogP contribution is -2.42. The van der Waals surface area contributed by atoms with Crippen LogP contribution >= 0.6 is 11.6 Å². The third-order valence-electron chi connectivity index (χ3n) is 5.71. The zero-order valence-electron chi connectivity index (χ0n) is 16.0. The molecular formula is C21H23ClN4O2. The van der Waals surface area contributed by atoms with Gasteiger partial charge in [0.05, 0.1) is 17.9 Å². The highest BCUT2D eigenvalue weighted by molar-refractivity contribution is 6.31. The van der Waals surface area contributed by atoms with Crippen LogP contribution in [0.5, 0.6) is 0 Å². The zero-order valence-corrected chi connectivity index (χ0v) is 16.7. The van der Waals surface area contributed by atoms with Crippen LogP contribution in [-0.2, 0) is 0 Å². The van der Waals surface area contributed by atoms with Gasteiger partial charge in [-0.1, -0.05) is 17.7 Å². The fourth-order valence-corrected chi connectivity index (χ4v) is 4.09. The molecule has 7 heteroatoms. The number of rotatable bonds is 4. The first-order valence-electron chi connectivity index (χ1n) is 9.58. The standard InChI is InChI=1S/C21H23ClN4O2/c1-12-8-24-18(9-23-12)20(27)25-19-11-26(10-16(19)14-6-7-14)21(28)15-4-3-5-17(22)13(15)2/h3-5,8-9,14,16,19H,6-7,10-11H2,1-2H3,(H,25,27)/t16-,19+/m0/s1. The summed E-state index contributed by atoms with van der Waals surface area (Å²) in [4.78, 5) is 35.8. The van der Waals surface area contributed by atoms with Gasteiger partial charge in [-0.05, 0) is 50.3 Å². The maximum atomic E-state index is 13.1. The average Bonchev–Trinajstić information content (AvgIpc) is 3.44. The van der Waals surface area contributed by atoms with E-state index in [4.69, 9.17) is 11.6 Å². The molecule has 4 rings (SSSR count). The first kappa shape index (κ1) is 18.9. The molecule has 0 spiro atoms. The molecule has 146 valence electrons. The quantitative estimate of drug-likeness (QED) is 0.858. The molecule has 1 aromatic carbocycles. The maximum Gasteiger partial charge on any atom is 0.271 e. The number of carbonyl (C=O) groups excluding carboxylic acids is 2. The monoisotopic (exact) mass is 398 g/mol. The predicted octanol–water partition coefficient (Wildman–Crippen LogP) is 3.03. The lowest BCUT2D eigenvalue weighted by atomic mass is 9.98. The molecule has 1 N–H and O–H groups in total. The molecule has 2 amide bonds. The van der Waals surface area contributed by atoms with Crippen molar-refractivity contribution in [3.05, 3.63) is 58.1 Å². The van der Waals surface area contributed by atoms with Crippen molar-refractivity contribution in [2.24, 2.45) is 11.8 Å². The van der Waals surface area contributed by atoms with E-state index in [-0.39, 0.29) is 23.8 Å². The molecule has 1 aliphatic heterocycles. The van der Waals surface area contributed by atoms with E-state index in [9.17, 15) is 9.59 Å². The van der Waals surface area contributed by atoms with Gasteiger partial charge >= 0.3 is 0 Å². The zero-order chi connectivity index (χ0) is 19.8. The van der Waals surface area contributed by atoms with Crippen molar-refractivity contribution in [1.82, 2.24) is 20.2 Å². The van der Waals surface area contributed by atoms with Crippen LogP contribution in [0.4, 0.5) is 0 Å². The molecule has 0 bridgehead atoms. The van der Waals surface area contributed by atoms with Gasteiger partial charge in [-0.15, -0.1) is 0 Å². The van der Waals surface area contributed by atoms with Crippen LogP contribution in [0.15, 0.2) is 30.6 Å². The van der Waals surface area contributed by atoms with Crippen molar-refractivity contribution in [2.75, 3.05) is 13.1 Å². The number of nitrogens with zero attached hydrogens (tertiary/aromatic N) is 3. The number of halogens is 1. The summed E-state index contributed by atoms with van der Waals surface area (Å²) >= 11 is 6.19. The number of hydrogen-bond donors (Lipinski definition) is 1. The Morgan fingerprint density at radius 1 is 1.14 bits per heavy atom. The summed E-state index contributed by atoms with van der Waals surface area (Å²) in [5.41, 5.74) is 2.48. The number of carbonyl (C=O) groups is 2. The van der Waals surface area contributed by atoms with E-state index in [1.807, 2.05) is 24.8 Å². The van der Waals surface area contributed by atoms with Gasteiger partial charge in [0, 0.05) is 35.8 Å². The van der Waals surface area contributed by atoms with Gasteiger partial charge in [-0.2, -0.15) is 0 Å². The average molecular weight is 399 g/mol. The summed E-state index contributed by atoms with van der Waals surface area (Å²) in [6.45, 7) is 4.84. The lowest BCUT2D eigenvalue weighted by Gasteiger charge is -2.19. The third kappa shape index (κ3) is 3.74. The summed E-state index contributed by atoms with van der Waals surface area (Å²) in [6.07, 6.45) is 5.38. The second-order valence-corrected chi connectivity index (χ2v) is 8.15. The first-order valence-corrected chi connectivity index (χ1v) is 9.95. The van der Waals surface area contributed by atoms with Crippen molar-refractivity contribution in [1.29, 1.82) is 0 Å². The molecule has 1 aliphatic carbocycles. The Morgan fingerprint density at radius 2 is 1.93 bits per heavy atom. The maximum absolute atomic E-state index is 13.1. The predicted molar refractivity (Wildman–Crippen MR) is 106 cm³/mol. The molecule has 2 heterocycles. The molecule has 28 heavy (non-hydrogen) atoms. The second-order valence-electron chi connectivity index (χ2n) is 7.75. The van der Waals surface area contributed by atoms with E-state index in [0.29, 0.717) is 35.3 Å². The Balaban J connectivity index is 1.50. The van der Waals surface area contributed by atoms with Crippen LogP contribution in [-0.4, -0.2) is 45.8 Å². The van der Waals surface area contributed by atoms with Crippen molar-refractivity contribution in [3.8, 4) is 0 Å². The Kier molecular flexibility index (Phi) is 5.06. The van der Waals surface area contributed by atoms with E-state index in [0.717, 1.165) is 24.1 Å². The number of amides is 2. The summed E-state index contributed by atoms with van der Waals surface area (Å²) in [5, 5.41) is 3.68. The van der Waals surface area contributed by atoms with Crippen LogP contribution in [0.2, 0.25) is 5.02 Å². The third-order valence-corrected chi connectivity index (χ3v) is 6.12. The lowest BCUT2D eigenvalue weighted by molar-refractivity contribution is 0.0779. The molecular weight excluding hydrogens is 376 g/mol. The molecule has 6 nitrogen and oxygen atoms in total. The minimum absolute atomic E-state index is 0.0301. The highest BCUT2D eigenvalue weighted by Crippen LogP contribution is 2.42. The van der Waals surface area contributed by atoms with E-state index >= 15 is 0 Å². The molecule has 0 radical (unpaired) electrons. The fraction of sp³-hybridized carbons (Fsp3) is 0.429. The van der Waals surface area contributed by atoms with Gasteiger partial charge in [-0.25, -0.2) is 4.98 Å². The molecule has 2 aromatic rings. The molecule has 2 atom stereocenters. The highest BCUT2D eigenvalue weighted by Gasteiger charge is 2.44. The van der Waals surface area contributed by atoms with Gasteiger partial charge in [-0.3, -0.25) is 14.6 Å². The molecule has 1 saturated carbocycles. The minimum Gasteiger partial charge on any atom is -0.346 e. The van der Waals surface area contributed by atoms with Crippen LogP contribution < -0.4 is 5.32 Å². The van der Waals surface area contributed by atoms with Crippen molar-refractivity contribution < 1.29 is 9.59 Å². The molecule has 2 fully saturated rings. The van der Waals surface area contributed by atoms with Gasteiger partial charge in [0.2, 0.25) is 0 Å². The number of nitrogens with one attached hydrogen (secondary N) is 1. The fourth-order valence-electron chi connectivity index (χ4n) is 3.91. The van der Waals surface area contributed by atoms with E-state index in [1.165, 1.54) is 6.20 Å². The molecule has 1 aromatic heterocycles. The van der Waals surface area contributed by atoms with Gasteiger partial charge < -0.3 is 10.2 Å². The van der Waals surface area contributed by atoms with Crippen LogP contribution in [0.25, 0.3) is 0 Å². The van der Waals surface area contributed by atoms with Crippen LogP contribution in [0.1, 0.15) is 44.9 Å². The molecule has 1 saturated heterocycles. The van der Waals surface area contributed by atoms with Crippen molar-refractivity contribution >= 4 is 23.4 Å². The summed E-state index contributed by atoms with van der Waals surface area (Å²) in [7, 11) is 0. The molecule has 0 unspecified atom stereocenters. The highest BCUT2D eigenvalue weighted by atomic mass is 35.5. The van der Waals surface area contributed by atoms with Gasteiger partial charge in [0.25, 0.3) is 11.8 Å².